The molecule has 42 heavy (non-hydrogen) atoms. The van der Waals surface area contributed by atoms with Crippen molar-refractivity contribution in [3.05, 3.63) is 64.4 Å². The molecule has 216 valence electrons. The number of aliphatic hydroxyl groups excluding tert-OH is 2. The molecule has 12 nitrogen and oxygen atoms in total. The lowest BCUT2D eigenvalue weighted by molar-refractivity contribution is -0.138. The van der Waals surface area contributed by atoms with Gasteiger partial charge < -0.3 is 20.4 Å². The summed E-state index contributed by atoms with van der Waals surface area (Å²) in [5.74, 6) is -0.213. The van der Waals surface area contributed by atoms with E-state index in [1.54, 1.807) is 37.5 Å². The van der Waals surface area contributed by atoms with E-state index in [4.69, 9.17) is 0 Å². The van der Waals surface area contributed by atoms with Crippen LogP contribution in [0.3, 0.4) is 0 Å². The van der Waals surface area contributed by atoms with Gasteiger partial charge in [-0.3, -0.25) is 19.1 Å². The number of aryl methyl sites for hydroxylation is 1. The third-order valence-electron chi connectivity index (χ3n) is 8.16. The minimum absolute atomic E-state index is 0.146. The van der Waals surface area contributed by atoms with Crippen LogP contribution in [0.2, 0.25) is 0 Å². The summed E-state index contributed by atoms with van der Waals surface area (Å²) in [6.07, 6.45) is 4.31. The van der Waals surface area contributed by atoms with Gasteiger partial charge in [0.2, 0.25) is 11.8 Å². The van der Waals surface area contributed by atoms with Crippen molar-refractivity contribution in [2.75, 3.05) is 11.9 Å². The van der Waals surface area contributed by atoms with Crippen LogP contribution in [0.5, 0.6) is 0 Å². The van der Waals surface area contributed by atoms with Crippen molar-refractivity contribution in [1.82, 2.24) is 29.6 Å². The zero-order valence-corrected chi connectivity index (χ0v) is 24.5. The van der Waals surface area contributed by atoms with Crippen molar-refractivity contribution in [3.8, 4) is 11.1 Å². The molecule has 1 aliphatic carbocycles. The third-order valence-corrected chi connectivity index (χ3v) is 8.61. The molecule has 3 N–H and O–H groups in total. The van der Waals surface area contributed by atoms with Crippen LogP contribution in [0.1, 0.15) is 41.6 Å². The van der Waals surface area contributed by atoms with Crippen molar-refractivity contribution >= 4 is 50.2 Å². The van der Waals surface area contributed by atoms with Gasteiger partial charge in [0.1, 0.15) is 34.5 Å². The van der Waals surface area contributed by atoms with E-state index in [2.05, 4.69) is 41.3 Å². The molecule has 13 heteroatoms. The summed E-state index contributed by atoms with van der Waals surface area (Å²) in [4.78, 5) is 54.1. The Morgan fingerprint density at radius 2 is 1.86 bits per heavy atom. The van der Waals surface area contributed by atoms with Crippen molar-refractivity contribution in [2.45, 2.75) is 51.9 Å². The number of nitrogens with one attached hydrogen (secondary N) is 1. The molecule has 2 aliphatic rings. The first-order valence-corrected chi connectivity index (χ1v) is 14.2. The number of aromatic nitrogens is 5. The maximum atomic E-state index is 13.8. The number of hydrogen-bond acceptors (Lipinski definition) is 9. The van der Waals surface area contributed by atoms with Crippen LogP contribution in [-0.4, -0.2) is 76.1 Å². The molecule has 4 heterocycles. The monoisotopic (exact) mass is 633 g/mol. The lowest BCUT2D eigenvalue weighted by Gasteiger charge is -2.27. The highest BCUT2D eigenvalue weighted by Gasteiger charge is 2.66. The van der Waals surface area contributed by atoms with Gasteiger partial charge in [-0.15, -0.1) is 0 Å². The van der Waals surface area contributed by atoms with Gasteiger partial charge in [0.05, 0.1) is 18.7 Å². The zero-order valence-electron chi connectivity index (χ0n) is 22.9. The molecule has 1 aliphatic heterocycles. The second kappa shape index (κ2) is 10.6. The molecule has 1 aromatic carbocycles. The highest BCUT2D eigenvalue weighted by molar-refractivity contribution is 9.10. The summed E-state index contributed by atoms with van der Waals surface area (Å²) in [7, 11) is 0. The molecule has 0 radical (unpaired) electrons. The number of piperidine rings is 1. The number of Topliss-reactive ketones (excluding diaryl/α,β-unsaturated/α-hetero) is 1. The molecule has 1 saturated carbocycles. The van der Waals surface area contributed by atoms with E-state index in [1.165, 1.54) is 16.5 Å². The topological polar surface area (TPSA) is 163 Å². The largest absolute Gasteiger partial charge is 0.396 e. The number of aliphatic hydroxyl groups is 2. The fourth-order valence-electron chi connectivity index (χ4n) is 5.83. The number of likely N-dealkylation sites (tertiary alicyclic amines) is 1. The molecule has 3 atom stereocenters. The average Bonchev–Trinajstić information content (AvgIpc) is 3.41. The standard InChI is InChI=1S/C29H28BrN7O5/c1-15(40)26-20-7-17(19-10-31-16(2)32-11-19)3-5-21(20)36(35-26)12-25(41)37-22(8-29(14-39)9-23(29)37)28(42)34-27-18(13-38)4-6-24(30)33-27/h3-7,10-11,22-23,38-39H,8-9,12-14H2,1-2H3,(H,33,34,42)/t22-,23+,29-/m0/s1. The number of carbonyl (C=O) groups excluding carboxylic acids is 3. The maximum Gasteiger partial charge on any atom is 0.248 e. The first-order chi connectivity index (χ1) is 20.1. The van der Waals surface area contributed by atoms with Crippen LogP contribution in [-0.2, 0) is 22.7 Å². The van der Waals surface area contributed by atoms with E-state index < -0.39 is 17.4 Å². The molecule has 0 bridgehead atoms. The van der Waals surface area contributed by atoms with Gasteiger partial charge in [-0.05, 0) is 59.5 Å². The Labute approximate surface area is 248 Å². The van der Waals surface area contributed by atoms with E-state index in [0.29, 0.717) is 39.7 Å². The number of halogens is 1. The SMILES string of the molecule is CC(=O)c1nn(CC(=O)N2[C@H](C(=O)Nc3nc(Br)ccc3CO)C[C@@]3(CO)C[C@@H]23)c2ccc(-c3cnc(C)nc3)cc12. The van der Waals surface area contributed by atoms with Gasteiger partial charge in [0.25, 0.3) is 0 Å². The van der Waals surface area contributed by atoms with Crippen molar-refractivity contribution < 1.29 is 24.6 Å². The summed E-state index contributed by atoms with van der Waals surface area (Å²) in [6, 6.07) is 7.65. The van der Waals surface area contributed by atoms with E-state index >= 15 is 0 Å². The third kappa shape index (κ3) is 4.86. The van der Waals surface area contributed by atoms with Gasteiger partial charge in [-0.25, -0.2) is 15.0 Å². The Morgan fingerprint density at radius 3 is 2.55 bits per heavy atom. The van der Waals surface area contributed by atoms with Crippen molar-refractivity contribution in [3.63, 3.8) is 0 Å². The van der Waals surface area contributed by atoms with Crippen molar-refractivity contribution in [2.24, 2.45) is 5.41 Å². The van der Waals surface area contributed by atoms with Crippen LogP contribution in [0.15, 0.2) is 47.3 Å². The van der Waals surface area contributed by atoms with Crippen molar-refractivity contribution in [1.29, 1.82) is 0 Å². The van der Waals surface area contributed by atoms with Crippen LogP contribution in [0.4, 0.5) is 5.82 Å². The number of hydrogen-bond donors (Lipinski definition) is 3. The molecule has 0 unspecified atom stereocenters. The fourth-order valence-corrected chi connectivity index (χ4v) is 6.14. The van der Waals surface area contributed by atoms with E-state index in [-0.39, 0.29) is 49.0 Å². The number of carbonyl (C=O) groups is 3. The number of nitrogens with zero attached hydrogens (tertiary/aromatic N) is 6. The lowest BCUT2D eigenvalue weighted by Crippen LogP contribution is -2.47. The predicted octanol–water partition coefficient (Wildman–Crippen LogP) is 2.64. The summed E-state index contributed by atoms with van der Waals surface area (Å²) < 4.78 is 1.97. The highest BCUT2D eigenvalue weighted by Crippen LogP contribution is 2.59. The Balaban J connectivity index is 1.30. The number of amides is 2. The Kier molecular flexibility index (Phi) is 7.11. The van der Waals surface area contributed by atoms with Gasteiger partial charge in [-0.2, -0.15) is 5.10 Å². The number of fused-ring (bicyclic) bond motifs is 2. The second-order valence-corrected chi connectivity index (χ2v) is 11.7. The minimum Gasteiger partial charge on any atom is -0.396 e. The molecule has 6 rings (SSSR count). The maximum absolute atomic E-state index is 13.8. The number of ketones is 1. The quantitative estimate of drug-likeness (QED) is 0.195. The van der Waals surface area contributed by atoms with Crippen LogP contribution < -0.4 is 5.32 Å². The van der Waals surface area contributed by atoms with Crippen LogP contribution >= 0.6 is 15.9 Å². The molecular weight excluding hydrogens is 606 g/mol. The molecule has 1 saturated heterocycles. The van der Waals surface area contributed by atoms with E-state index in [9.17, 15) is 24.6 Å². The van der Waals surface area contributed by atoms with E-state index in [1.807, 2.05) is 12.1 Å². The van der Waals surface area contributed by atoms with Gasteiger partial charge in [-0.1, -0.05) is 12.1 Å². The molecule has 2 amide bonds. The first-order valence-electron chi connectivity index (χ1n) is 13.4. The van der Waals surface area contributed by atoms with Gasteiger partial charge in [0, 0.05) is 47.3 Å². The summed E-state index contributed by atoms with van der Waals surface area (Å²) >= 11 is 3.28. The second-order valence-electron chi connectivity index (χ2n) is 10.9. The minimum atomic E-state index is -0.849. The number of benzene rings is 1. The smallest absolute Gasteiger partial charge is 0.248 e. The first kappa shape index (κ1) is 28.1. The predicted molar refractivity (Wildman–Crippen MR) is 155 cm³/mol. The molecule has 0 spiro atoms. The lowest BCUT2D eigenvalue weighted by atomic mass is 10.00. The molecule has 3 aromatic heterocycles. The normalized spacial score (nSPS) is 20.9. The Morgan fingerprint density at radius 1 is 1.10 bits per heavy atom. The number of pyridine rings is 1. The van der Waals surface area contributed by atoms with Crippen LogP contribution in [0.25, 0.3) is 22.0 Å². The summed E-state index contributed by atoms with van der Waals surface area (Å²) in [5, 5.41) is 27.7. The number of anilines is 1. The fraction of sp³-hybridized carbons (Fsp3) is 0.345. The van der Waals surface area contributed by atoms with Gasteiger partial charge >= 0.3 is 0 Å². The van der Waals surface area contributed by atoms with E-state index in [0.717, 1.165) is 11.1 Å². The van der Waals surface area contributed by atoms with Gasteiger partial charge in [0.15, 0.2) is 5.78 Å². The zero-order chi connectivity index (χ0) is 29.8. The molecular formula is C29H28BrN7O5. The number of rotatable bonds is 8. The Hall–Kier alpha value is -4.07. The molecule has 4 aromatic rings. The summed E-state index contributed by atoms with van der Waals surface area (Å²) in [6.45, 7) is 2.55. The average molecular weight is 634 g/mol. The Bertz CT molecular complexity index is 1740. The van der Waals surface area contributed by atoms with Crippen LogP contribution in [0, 0.1) is 12.3 Å². The highest BCUT2D eigenvalue weighted by atomic mass is 79.9. The summed E-state index contributed by atoms with van der Waals surface area (Å²) in [5.41, 5.74) is 2.31. The molecule has 2 fully saturated rings.